The Bertz CT molecular complexity index is 324. The van der Waals surface area contributed by atoms with Gasteiger partial charge in [-0.3, -0.25) is 4.68 Å². The molecular weight excluding hydrogens is 218 g/mol. The lowest BCUT2D eigenvalue weighted by Gasteiger charge is -2.18. The molecule has 4 heteroatoms. The summed E-state index contributed by atoms with van der Waals surface area (Å²) in [6.45, 7) is 6.37. The first-order valence-corrected chi connectivity index (χ1v) is 7.31. The average Bonchev–Trinajstić information content (AvgIpc) is 2.90. The van der Waals surface area contributed by atoms with Crippen LogP contribution in [-0.4, -0.2) is 33.9 Å². The molecule has 1 fully saturated rings. The Labute approximate surface area is 102 Å². The molecule has 0 spiro atoms. The number of nitrogens with zero attached hydrogens (tertiary/aromatic N) is 2. The van der Waals surface area contributed by atoms with E-state index in [1.807, 2.05) is 10.9 Å². The molecule has 0 saturated carbocycles. The molecule has 2 atom stereocenters. The van der Waals surface area contributed by atoms with Crippen LogP contribution in [0.3, 0.4) is 0 Å². The van der Waals surface area contributed by atoms with Crippen molar-refractivity contribution in [1.29, 1.82) is 0 Å². The number of thioether (sulfide) groups is 1. The molecule has 1 aliphatic rings. The number of aryl methyl sites for hydroxylation is 1. The van der Waals surface area contributed by atoms with Crippen molar-refractivity contribution >= 4 is 11.8 Å². The maximum Gasteiger partial charge on any atom is 0.0521 e. The van der Waals surface area contributed by atoms with Crippen molar-refractivity contribution in [3.63, 3.8) is 0 Å². The van der Waals surface area contributed by atoms with Gasteiger partial charge in [-0.05, 0) is 37.1 Å². The molecule has 1 aromatic heterocycles. The number of hydrogen-bond donors (Lipinski definition) is 1. The van der Waals surface area contributed by atoms with Gasteiger partial charge in [0.05, 0.1) is 6.20 Å². The molecule has 1 aliphatic heterocycles. The number of aromatic nitrogens is 2. The molecule has 2 heterocycles. The van der Waals surface area contributed by atoms with Crippen molar-refractivity contribution in [1.82, 2.24) is 15.1 Å². The van der Waals surface area contributed by atoms with Gasteiger partial charge < -0.3 is 5.32 Å². The SMILES string of the molecule is CCNC1CSCC1Cc1cnn(CC)c1. The van der Waals surface area contributed by atoms with Crippen LogP contribution < -0.4 is 5.32 Å². The minimum absolute atomic E-state index is 0.694. The molecule has 1 saturated heterocycles. The summed E-state index contributed by atoms with van der Waals surface area (Å²) in [5, 5.41) is 7.92. The van der Waals surface area contributed by atoms with Crippen LogP contribution >= 0.6 is 11.8 Å². The highest BCUT2D eigenvalue weighted by atomic mass is 32.2. The minimum atomic E-state index is 0.694. The van der Waals surface area contributed by atoms with Crippen molar-refractivity contribution in [2.24, 2.45) is 5.92 Å². The van der Waals surface area contributed by atoms with Gasteiger partial charge in [0.1, 0.15) is 0 Å². The predicted molar refractivity (Wildman–Crippen MR) is 69.9 cm³/mol. The predicted octanol–water partition coefficient (Wildman–Crippen LogP) is 1.79. The van der Waals surface area contributed by atoms with E-state index in [0.29, 0.717) is 6.04 Å². The van der Waals surface area contributed by atoms with E-state index in [1.165, 1.54) is 23.5 Å². The number of rotatable bonds is 5. The number of hydrogen-bond acceptors (Lipinski definition) is 3. The maximum atomic E-state index is 4.34. The zero-order valence-electron chi connectivity index (χ0n) is 10.1. The molecule has 16 heavy (non-hydrogen) atoms. The second-order valence-electron chi connectivity index (χ2n) is 4.37. The molecular formula is C12H21N3S. The van der Waals surface area contributed by atoms with Crippen molar-refractivity contribution in [3.8, 4) is 0 Å². The molecule has 2 rings (SSSR count). The van der Waals surface area contributed by atoms with Gasteiger partial charge in [0, 0.05) is 24.5 Å². The first-order valence-electron chi connectivity index (χ1n) is 6.16. The van der Waals surface area contributed by atoms with Gasteiger partial charge in [0.25, 0.3) is 0 Å². The van der Waals surface area contributed by atoms with E-state index in [-0.39, 0.29) is 0 Å². The van der Waals surface area contributed by atoms with Crippen LogP contribution in [0.15, 0.2) is 12.4 Å². The standard InChI is InChI=1S/C12H21N3S/c1-3-13-12-9-16-8-11(12)5-10-6-14-15(4-2)7-10/h6-7,11-13H,3-5,8-9H2,1-2H3. The minimum Gasteiger partial charge on any atom is -0.313 e. The zero-order chi connectivity index (χ0) is 11.4. The Kier molecular flexibility index (Phi) is 4.29. The second-order valence-corrected chi connectivity index (χ2v) is 5.45. The topological polar surface area (TPSA) is 29.9 Å². The van der Waals surface area contributed by atoms with Crippen molar-refractivity contribution in [2.45, 2.75) is 32.9 Å². The van der Waals surface area contributed by atoms with Crippen LogP contribution in [0.1, 0.15) is 19.4 Å². The van der Waals surface area contributed by atoms with Gasteiger partial charge in [-0.2, -0.15) is 16.9 Å². The van der Waals surface area contributed by atoms with Gasteiger partial charge >= 0.3 is 0 Å². The van der Waals surface area contributed by atoms with E-state index in [0.717, 1.165) is 19.0 Å². The van der Waals surface area contributed by atoms with Crippen LogP contribution in [0.25, 0.3) is 0 Å². The van der Waals surface area contributed by atoms with Crippen molar-refractivity contribution < 1.29 is 0 Å². The Morgan fingerprint density at radius 1 is 1.50 bits per heavy atom. The third kappa shape index (κ3) is 2.80. The van der Waals surface area contributed by atoms with E-state index in [1.54, 1.807) is 0 Å². The first kappa shape index (κ1) is 12.0. The van der Waals surface area contributed by atoms with E-state index < -0.39 is 0 Å². The van der Waals surface area contributed by atoms with Gasteiger partial charge in [-0.15, -0.1) is 0 Å². The normalized spacial score (nSPS) is 25.1. The molecule has 0 radical (unpaired) electrons. The highest BCUT2D eigenvalue weighted by Crippen LogP contribution is 2.27. The van der Waals surface area contributed by atoms with E-state index in [9.17, 15) is 0 Å². The summed E-state index contributed by atoms with van der Waals surface area (Å²) >= 11 is 2.07. The van der Waals surface area contributed by atoms with E-state index in [2.05, 4.69) is 42.2 Å². The molecule has 2 unspecified atom stereocenters. The Hall–Kier alpha value is -0.480. The largest absolute Gasteiger partial charge is 0.313 e. The second kappa shape index (κ2) is 5.73. The van der Waals surface area contributed by atoms with Crippen LogP contribution in [0.4, 0.5) is 0 Å². The van der Waals surface area contributed by atoms with Crippen molar-refractivity contribution in [3.05, 3.63) is 18.0 Å². The van der Waals surface area contributed by atoms with Crippen molar-refractivity contribution in [2.75, 3.05) is 18.1 Å². The monoisotopic (exact) mass is 239 g/mol. The van der Waals surface area contributed by atoms with Gasteiger partial charge in [0.15, 0.2) is 0 Å². The van der Waals surface area contributed by atoms with E-state index in [4.69, 9.17) is 0 Å². The van der Waals surface area contributed by atoms with Crippen LogP contribution in [0.2, 0.25) is 0 Å². The molecule has 90 valence electrons. The molecule has 0 aliphatic carbocycles. The molecule has 0 aromatic carbocycles. The quantitative estimate of drug-likeness (QED) is 0.849. The molecule has 3 nitrogen and oxygen atoms in total. The third-order valence-electron chi connectivity index (χ3n) is 3.17. The van der Waals surface area contributed by atoms with Crippen LogP contribution in [-0.2, 0) is 13.0 Å². The lowest BCUT2D eigenvalue weighted by Crippen LogP contribution is -2.36. The summed E-state index contributed by atoms with van der Waals surface area (Å²) in [5.74, 6) is 3.33. The average molecular weight is 239 g/mol. The fourth-order valence-electron chi connectivity index (χ4n) is 2.28. The maximum absolute atomic E-state index is 4.34. The highest BCUT2D eigenvalue weighted by Gasteiger charge is 2.27. The smallest absolute Gasteiger partial charge is 0.0521 e. The summed E-state index contributed by atoms with van der Waals surface area (Å²) in [7, 11) is 0. The molecule has 1 aromatic rings. The Morgan fingerprint density at radius 2 is 2.38 bits per heavy atom. The Balaban J connectivity index is 1.92. The van der Waals surface area contributed by atoms with Gasteiger partial charge in [-0.1, -0.05) is 6.92 Å². The summed E-state index contributed by atoms with van der Waals surface area (Å²) in [6, 6.07) is 0.694. The molecule has 0 bridgehead atoms. The van der Waals surface area contributed by atoms with Crippen LogP contribution in [0, 0.1) is 5.92 Å². The highest BCUT2D eigenvalue weighted by molar-refractivity contribution is 7.99. The first-order chi connectivity index (χ1) is 7.83. The number of nitrogens with one attached hydrogen (secondary N) is 1. The summed E-state index contributed by atoms with van der Waals surface area (Å²) in [4.78, 5) is 0. The molecule has 0 amide bonds. The van der Waals surface area contributed by atoms with Gasteiger partial charge in [0.2, 0.25) is 0 Å². The Morgan fingerprint density at radius 3 is 3.06 bits per heavy atom. The summed E-state index contributed by atoms with van der Waals surface area (Å²) in [5.41, 5.74) is 1.39. The lowest BCUT2D eigenvalue weighted by molar-refractivity contribution is 0.434. The summed E-state index contributed by atoms with van der Waals surface area (Å²) in [6.07, 6.45) is 5.38. The van der Waals surface area contributed by atoms with Crippen LogP contribution in [0.5, 0.6) is 0 Å². The fraction of sp³-hybridized carbons (Fsp3) is 0.750. The lowest BCUT2D eigenvalue weighted by atomic mass is 9.97. The fourth-order valence-corrected chi connectivity index (χ4v) is 3.71. The van der Waals surface area contributed by atoms with E-state index >= 15 is 0 Å². The summed E-state index contributed by atoms with van der Waals surface area (Å²) < 4.78 is 2.01. The zero-order valence-corrected chi connectivity index (χ0v) is 11.0. The van der Waals surface area contributed by atoms with Gasteiger partial charge in [-0.25, -0.2) is 0 Å². The third-order valence-corrected chi connectivity index (χ3v) is 4.43. The molecule has 1 N–H and O–H groups in total.